The number of imidazole rings is 1. The van der Waals surface area contributed by atoms with Crippen LogP contribution in [-0.2, 0) is 6.54 Å². The molecule has 1 aliphatic heterocycles. The number of hydrogen-bond acceptors (Lipinski definition) is 4. The number of thioether (sulfide) groups is 1. The molecule has 0 saturated carbocycles. The summed E-state index contributed by atoms with van der Waals surface area (Å²) in [6.45, 7) is 4.59. The van der Waals surface area contributed by atoms with Crippen molar-refractivity contribution in [2.75, 3.05) is 19.3 Å². The number of likely N-dealkylation sites (tertiary alicyclic amines) is 1. The number of aromatic nitrogens is 3. The highest BCUT2D eigenvalue weighted by atomic mass is 32.2. The third kappa shape index (κ3) is 3.58. The molecule has 1 saturated heterocycles. The highest BCUT2D eigenvalue weighted by Gasteiger charge is 2.26. The van der Waals surface area contributed by atoms with Gasteiger partial charge in [-0.2, -0.15) is 0 Å². The van der Waals surface area contributed by atoms with Crippen LogP contribution in [0.4, 0.5) is 0 Å². The minimum atomic E-state index is 0.106. The SMILES string of the molecule is CSc1ncccc1C(=O)N1CCCC(Cn2ccnc2C)C1. The highest BCUT2D eigenvalue weighted by Crippen LogP contribution is 2.23. The molecule has 6 heteroatoms. The molecule has 3 heterocycles. The van der Waals surface area contributed by atoms with Gasteiger partial charge in [0.15, 0.2) is 0 Å². The molecule has 1 unspecified atom stereocenters. The Morgan fingerprint density at radius 3 is 3.00 bits per heavy atom. The van der Waals surface area contributed by atoms with E-state index in [-0.39, 0.29) is 5.91 Å². The van der Waals surface area contributed by atoms with Crippen LogP contribution < -0.4 is 0 Å². The Hall–Kier alpha value is -1.82. The molecule has 122 valence electrons. The normalized spacial score (nSPS) is 18.2. The summed E-state index contributed by atoms with van der Waals surface area (Å²) in [7, 11) is 0. The lowest BCUT2D eigenvalue weighted by atomic mass is 9.97. The second kappa shape index (κ2) is 7.17. The number of nitrogens with zero attached hydrogens (tertiary/aromatic N) is 4. The van der Waals surface area contributed by atoms with E-state index in [0.29, 0.717) is 5.92 Å². The summed E-state index contributed by atoms with van der Waals surface area (Å²) >= 11 is 1.52. The first kappa shape index (κ1) is 16.1. The summed E-state index contributed by atoms with van der Waals surface area (Å²) in [5.74, 6) is 1.62. The highest BCUT2D eigenvalue weighted by molar-refractivity contribution is 7.98. The number of pyridine rings is 1. The van der Waals surface area contributed by atoms with Gasteiger partial charge in [-0.25, -0.2) is 9.97 Å². The Morgan fingerprint density at radius 1 is 1.39 bits per heavy atom. The Kier molecular flexibility index (Phi) is 5.00. The summed E-state index contributed by atoms with van der Waals surface area (Å²) in [4.78, 5) is 23.4. The Morgan fingerprint density at radius 2 is 2.26 bits per heavy atom. The van der Waals surface area contributed by atoms with Crippen LogP contribution in [-0.4, -0.2) is 44.7 Å². The molecule has 0 aliphatic carbocycles. The largest absolute Gasteiger partial charge is 0.338 e. The maximum Gasteiger partial charge on any atom is 0.256 e. The zero-order valence-corrected chi connectivity index (χ0v) is 14.4. The van der Waals surface area contributed by atoms with Crippen molar-refractivity contribution in [2.24, 2.45) is 5.92 Å². The lowest BCUT2D eigenvalue weighted by molar-refractivity contribution is 0.0657. The first-order valence-electron chi connectivity index (χ1n) is 7.95. The summed E-state index contributed by atoms with van der Waals surface area (Å²) < 4.78 is 2.18. The maximum absolute atomic E-state index is 12.8. The minimum absolute atomic E-state index is 0.106. The lowest BCUT2D eigenvalue weighted by Crippen LogP contribution is -2.41. The molecule has 3 rings (SSSR count). The van der Waals surface area contributed by atoms with Crippen LogP contribution in [0.15, 0.2) is 35.7 Å². The first-order valence-corrected chi connectivity index (χ1v) is 9.17. The summed E-state index contributed by atoms with van der Waals surface area (Å²) in [5, 5.41) is 0.810. The second-order valence-corrected chi connectivity index (χ2v) is 6.74. The van der Waals surface area contributed by atoms with Gasteiger partial charge in [0.2, 0.25) is 0 Å². The zero-order chi connectivity index (χ0) is 16.2. The van der Waals surface area contributed by atoms with Gasteiger partial charge in [-0.1, -0.05) is 0 Å². The van der Waals surface area contributed by atoms with E-state index in [4.69, 9.17) is 0 Å². The number of piperidine rings is 1. The molecular weight excluding hydrogens is 308 g/mol. The molecule has 1 aliphatic rings. The Labute approximate surface area is 141 Å². The van der Waals surface area contributed by atoms with Crippen molar-refractivity contribution in [3.63, 3.8) is 0 Å². The molecule has 5 nitrogen and oxygen atoms in total. The molecule has 0 radical (unpaired) electrons. The first-order chi connectivity index (χ1) is 11.2. The number of carbonyl (C=O) groups is 1. The fourth-order valence-corrected chi connectivity index (χ4v) is 3.70. The van der Waals surface area contributed by atoms with Crippen molar-refractivity contribution in [1.29, 1.82) is 0 Å². The van der Waals surface area contributed by atoms with Crippen molar-refractivity contribution in [3.8, 4) is 0 Å². The molecule has 2 aromatic rings. The van der Waals surface area contributed by atoms with E-state index in [1.165, 1.54) is 11.8 Å². The molecule has 0 aromatic carbocycles. The van der Waals surface area contributed by atoms with Crippen molar-refractivity contribution in [3.05, 3.63) is 42.1 Å². The van der Waals surface area contributed by atoms with Gasteiger partial charge in [0.25, 0.3) is 5.91 Å². The smallest absolute Gasteiger partial charge is 0.256 e. The number of rotatable bonds is 4. The van der Waals surface area contributed by atoms with Crippen LogP contribution in [0.1, 0.15) is 29.0 Å². The minimum Gasteiger partial charge on any atom is -0.338 e. The van der Waals surface area contributed by atoms with Gasteiger partial charge in [0, 0.05) is 38.2 Å². The second-order valence-electron chi connectivity index (χ2n) is 5.95. The summed E-state index contributed by atoms with van der Waals surface area (Å²) in [6, 6.07) is 3.72. The Bertz CT molecular complexity index is 685. The quantitative estimate of drug-likeness (QED) is 0.809. The van der Waals surface area contributed by atoms with Crippen molar-refractivity contribution < 1.29 is 4.79 Å². The molecule has 1 atom stereocenters. The van der Waals surface area contributed by atoms with E-state index in [1.807, 2.05) is 42.6 Å². The number of hydrogen-bond donors (Lipinski definition) is 0. The fraction of sp³-hybridized carbons (Fsp3) is 0.471. The number of aryl methyl sites for hydroxylation is 1. The van der Waals surface area contributed by atoms with Crippen LogP contribution in [0, 0.1) is 12.8 Å². The van der Waals surface area contributed by atoms with Gasteiger partial charge in [-0.3, -0.25) is 4.79 Å². The average Bonchev–Trinajstić information content (AvgIpc) is 2.99. The van der Waals surface area contributed by atoms with Gasteiger partial charge in [0.1, 0.15) is 10.9 Å². The van der Waals surface area contributed by atoms with E-state index in [1.54, 1.807) is 6.20 Å². The maximum atomic E-state index is 12.8. The third-order valence-electron chi connectivity index (χ3n) is 4.38. The molecule has 0 spiro atoms. The van der Waals surface area contributed by atoms with Crippen LogP contribution in [0.25, 0.3) is 0 Å². The zero-order valence-electron chi connectivity index (χ0n) is 13.6. The molecule has 1 fully saturated rings. The van der Waals surface area contributed by atoms with Crippen molar-refractivity contribution >= 4 is 17.7 Å². The van der Waals surface area contributed by atoms with Gasteiger partial charge < -0.3 is 9.47 Å². The van der Waals surface area contributed by atoms with Crippen molar-refractivity contribution in [2.45, 2.75) is 31.3 Å². The van der Waals surface area contributed by atoms with E-state index in [0.717, 1.165) is 48.9 Å². The van der Waals surface area contributed by atoms with Gasteiger partial charge >= 0.3 is 0 Å². The summed E-state index contributed by atoms with van der Waals surface area (Å²) in [5.41, 5.74) is 0.722. The van der Waals surface area contributed by atoms with Gasteiger partial charge in [-0.15, -0.1) is 11.8 Å². The molecule has 1 amide bonds. The standard InChI is InChI=1S/C17H22N4OS/c1-13-18-8-10-20(13)11-14-5-4-9-21(12-14)17(22)15-6-3-7-19-16(15)23-2/h3,6-8,10,14H,4-5,9,11-12H2,1-2H3. The van der Waals surface area contributed by atoms with E-state index >= 15 is 0 Å². The lowest BCUT2D eigenvalue weighted by Gasteiger charge is -2.33. The molecule has 2 aromatic heterocycles. The predicted molar refractivity (Wildman–Crippen MR) is 91.6 cm³/mol. The van der Waals surface area contributed by atoms with Crippen LogP contribution in [0.3, 0.4) is 0 Å². The molecule has 23 heavy (non-hydrogen) atoms. The summed E-state index contributed by atoms with van der Waals surface area (Å²) in [6.07, 6.45) is 9.76. The van der Waals surface area contributed by atoms with E-state index < -0.39 is 0 Å². The van der Waals surface area contributed by atoms with E-state index in [2.05, 4.69) is 14.5 Å². The van der Waals surface area contributed by atoms with Crippen LogP contribution in [0.5, 0.6) is 0 Å². The topological polar surface area (TPSA) is 51.0 Å². The van der Waals surface area contributed by atoms with Gasteiger partial charge in [-0.05, 0) is 44.1 Å². The van der Waals surface area contributed by atoms with Crippen molar-refractivity contribution in [1.82, 2.24) is 19.4 Å². The van der Waals surface area contributed by atoms with Crippen LogP contribution in [0.2, 0.25) is 0 Å². The van der Waals surface area contributed by atoms with Crippen LogP contribution >= 0.6 is 11.8 Å². The third-order valence-corrected chi connectivity index (χ3v) is 5.09. The molecule has 0 N–H and O–H groups in total. The molecular formula is C17H22N4OS. The predicted octanol–water partition coefficient (Wildman–Crippen LogP) is 2.86. The fourth-order valence-electron chi connectivity index (χ4n) is 3.16. The van der Waals surface area contributed by atoms with Gasteiger partial charge in [0.05, 0.1) is 5.56 Å². The Balaban J connectivity index is 1.70. The molecule has 0 bridgehead atoms. The number of carbonyl (C=O) groups excluding carboxylic acids is 1. The van der Waals surface area contributed by atoms with E-state index in [9.17, 15) is 4.79 Å². The monoisotopic (exact) mass is 330 g/mol. The average molecular weight is 330 g/mol. The number of amides is 1.